The molecule has 0 spiro atoms. The van der Waals surface area contributed by atoms with Gasteiger partial charge in [-0.05, 0) is 44.6 Å². The van der Waals surface area contributed by atoms with E-state index in [1.165, 1.54) is 32.1 Å². The van der Waals surface area contributed by atoms with E-state index in [2.05, 4.69) is 31.8 Å². The lowest BCUT2D eigenvalue weighted by atomic mass is 10.1. The zero-order chi connectivity index (χ0) is 11.4. The van der Waals surface area contributed by atoms with Gasteiger partial charge in [0.25, 0.3) is 0 Å². The molecule has 0 aromatic heterocycles. The number of hydrogen-bond donors (Lipinski definition) is 2. The van der Waals surface area contributed by atoms with Crippen LogP contribution in [0.5, 0.6) is 0 Å². The van der Waals surface area contributed by atoms with E-state index in [0.29, 0.717) is 0 Å². The monoisotopic (exact) mass is 233 g/mol. The van der Waals surface area contributed by atoms with Crippen LogP contribution < -0.4 is 5.32 Å². The van der Waals surface area contributed by atoms with Crippen molar-refractivity contribution in [1.82, 2.24) is 5.32 Å². The molecule has 0 aliphatic carbocycles. The summed E-state index contributed by atoms with van der Waals surface area (Å²) in [5, 5.41) is 3.20. The van der Waals surface area contributed by atoms with Gasteiger partial charge < -0.3 is 10.1 Å². The van der Waals surface area contributed by atoms with Crippen molar-refractivity contribution in [2.75, 3.05) is 25.6 Å². The van der Waals surface area contributed by atoms with E-state index in [9.17, 15) is 0 Å². The molecule has 0 aromatic rings. The topological polar surface area (TPSA) is 21.3 Å². The van der Waals surface area contributed by atoms with Crippen LogP contribution in [0.2, 0.25) is 0 Å². The Bertz CT molecular complexity index is 120. The van der Waals surface area contributed by atoms with E-state index in [1.807, 2.05) is 0 Å². The van der Waals surface area contributed by atoms with Crippen LogP contribution in [0.1, 0.15) is 46.0 Å². The molecule has 0 aliphatic heterocycles. The molecule has 0 saturated heterocycles. The van der Waals surface area contributed by atoms with E-state index in [-0.39, 0.29) is 0 Å². The van der Waals surface area contributed by atoms with Crippen LogP contribution >= 0.6 is 12.6 Å². The Morgan fingerprint density at radius 2 is 1.80 bits per heavy atom. The summed E-state index contributed by atoms with van der Waals surface area (Å²) in [7, 11) is 0. The number of ether oxygens (including phenoxy) is 1. The number of hydrogen-bond acceptors (Lipinski definition) is 3. The van der Waals surface area contributed by atoms with Crippen molar-refractivity contribution in [3.05, 3.63) is 0 Å². The average molecular weight is 233 g/mol. The van der Waals surface area contributed by atoms with Crippen LogP contribution in [0.25, 0.3) is 0 Å². The first-order chi connectivity index (χ1) is 7.27. The Hall–Kier alpha value is 0.270. The molecule has 15 heavy (non-hydrogen) atoms. The van der Waals surface area contributed by atoms with Gasteiger partial charge in [0.15, 0.2) is 0 Å². The fraction of sp³-hybridized carbons (Fsp3) is 1.00. The van der Waals surface area contributed by atoms with Gasteiger partial charge >= 0.3 is 0 Å². The minimum absolute atomic E-state index is 0.783. The molecule has 0 aliphatic rings. The van der Waals surface area contributed by atoms with E-state index in [1.54, 1.807) is 0 Å². The molecule has 92 valence electrons. The lowest BCUT2D eigenvalue weighted by molar-refractivity contribution is 0.124. The van der Waals surface area contributed by atoms with Gasteiger partial charge in [0, 0.05) is 19.1 Å². The molecule has 0 saturated carbocycles. The SMILES string of the molecule is CC(C)CCCOCCCCCNCS. The molecule has 0 rings (SSSR count). The maximum absolute atomic E-state index is 5.56. The summed E-state index contributed by atoms with van der Waals surface area (Å²) in [5.41, 5.74) is 0. The molecular formula is C12H27NOS. The van der Waals surface area contributed by atoms with E-state index >= 15 is 0 Å². The maximum Gasteiger partial charge on any atom is 0.0466 e. The number of nitrogens with one attached hydrogen (secondary N) is 1. The summed E-state index contributed by atoms with van der Waals surface area (Å²) < 4.78 is 5.56. The summed E-state index contributed by atoms with van der Waals surface area (Å²) in [6.45, 7) is 7.46. The zero-order valence-corrected chi connectivity index (χ0v) is 11.2. The van der Waals surface area contributed by atoms with Gasteiger partial charge in [0.1, 0.15) is 0 Å². The highest BCUT2D eigenvalue weighted by Crippen LogP contribution is 2.03. The van der Waals surface area contributed by atoms with Gasteiger partial charge in [-0.3, -0.25) is 0 Å². The van der Waals surface area contributed by atoms with Gasteiger partial charge in [-0.15, -0.1) is 0 Å². The third-order valence-electron chi connectivity index (χ3n) is 2.32. The molecule has 0 radical (unpaired) electrons. The number of unbranched alkanes of at least 4 members (excludes halogenated alkanes) is 2. The predicted octanol–water partition coefficient (Wildman–Crippen LogP) is 3.09. The molecular weight excluding hydrogens is 206 g/mol. The minimum atomic E-state index is 0.783. The van der Waals surface area contributed by atoms with E-state index < -0.39 is 0 Å². The summed E-state index contributed by atoms with van der Waals surface area (Å²) >= 11 is 4.08. The lowest BCUT2D eigenvalue weighted by Crippen LogP contribution is -2.12. The summed E-state index contributed by atoms with van der Waals surface area (Å²) in [5.74, 6) is 1.59. The molecule has 1 N–H and O–H groups in total. The van der Waals surface area contributed by atoms with E-state index in [4.69, 9.17) is 4.74 Å². The highest BCUT2D eigenvalue weighted by atomic mass is 32.1. The average Bonchev–Trinajstić information content (AvgIpc) is 2.20. The first-order valence-corrected chi connectivity index (χ1v) is 6.80. The van der Waals surface area contributed by atoms with Crippen LogP contribution in [-0.4, -0.2) is 25.6 Å². The Morgan fingerprint density at radius 1 is 1.07 bits per heavy atom. The summed E-state index contributed by atoms with van der Waals surface area (Å²) in [6.07, 6.45) is 6.17. The van der Waals surface area contributed by atoms with Crippen LogP contribution in [0, 0.1) is 5.92 Å². The third-order valence-corrected chi connectivity index (χ3v) is 2.55. The van der Waals surface area contributed by atoms with Gasteiger partial charge in [-0.25, -0.2) is 0 Å². The van der Waals surface area contributed by atoms with Crippen LogP contribution in [0.4, 0.5) is 0 Å². The van der Waals surface area contributed by atoms with Crippen molar-refractivity contribution in [2.24, 2.45) is 5.92 Å². The van der Waals surface area contributed by atoms with Crippen LogP contribution in [0.3, 0.4) is 0 Å². The summed E-state index contributed by atoms with van der Waals surface area (Å²) in [4.78, 5) is 0. The molecule has 0 bridgehead atoms. The first kappa shape index (κ1) is 15.3. The predicted molar refractivity (Wildman–Crippen MR) is 70.6 cm³/mol. The van der Waals surface area contributed by atoms with Crippen molar-refractivity contribution in [3.8, 4) is 0 Å². The molecule has 0 atom stereocenters. The summed E-state index contributed by atoms with van der Waals surface area (Å²) in [6, 6.07) is 0. The second-order valence-corrected chi connectivity index (χ2v) is 4.68. The van der Waals surface area contributed by atoms with Crippen LogP contribution in [0.15, 0.2) is 0 Å². The van der Waals surface area contributed by atoms with Gasteiger partial charge in [-0.2, -0.15) is 12.6 Å². The maximum atomic E-state index is 5.56. The van der Waals surface area contributed by atoms with Crippen molar-refractivity contribution >= 4 is 12.6 Å². The van der Waals surface area contributed by atoms with Gasteiger partial charge in [0.05, 0.1) is 0 Å². The van der Waals surface area contributed by atoms with Crippen molar-refractivity contribution in [2.45, 2.75) is 46.0 Å². The van der Waals surface area contributed by atoms with Crippen LogP contribution in [-0.2, 0) is 4.74 Å². The fourth-order valence-electron chi connectivity index (χ4n) is 1.41. The molecule has 0 amide bonds. The Kier molecular flexibility index (Phi) is 12.6. The molecule has 0 unspecified atom stereocenters. The van der Waals surface area contributed by atoms with Gasteiger partial charge in [-0.1, -0.05) is 13.8 Å². The van der Waals surface area contributed by atoms with Crippen molar-refractivity contribution in [1.29, 1.82) is 0 Å². The largest absolute Gasteiger partial charge is 0.381 e. The molecule has 0 aromatic carbocycles. The highest BCUT2D eigenvalue weighted by molar-refractivity contribution is 7.80. The van der Waals surface area contributed by atoms with Crippen molar-refractivity contribution in [3.63, 3.8) is 0 Å². The normalized spacial score (nSPS) is 11.2. The molecule has 0 fully saturated rings. The first-order valence-electron chi connectivity index (χ1n) is 6.16. The molecule has 2 nitrogen and oxygen atoms in total. The second-order valence-electron chi connectivity index (χ2n) is 4.37. The van der Waals surface area contributed by atoms with Gasteiger partial charge in [0.2, 0.25) is 0 Å². The molecule has 0 heterocycles. The minimum Gasteiger partial charge on any atom is -0.381 e. The smallest absolute Gasteiger partial charge is 0.0466 e. The second kappa shape index (κ2) is 12.3. The van der Waals surface area contributed by atoms with Crippen molar-refractivity contribution < 1.29 is 4.74 Å². The standard InChI is InChI=1S/C12H27NOS/c1-12(2)7-6-10-14-9-5-3-4-8-13-11-15/h12-13,15H,3-11H2,1-2H3. The molecule has 3 heteroatoms. The number of thiol groups is 1. The Balaban J connectivity index is 2.87. The van der Waals surface area contributed by atoms with E-state index in [0.717, 1.165) is 31.6 Å². The highest BCUT2D eigenvalue weighted by Gasteiger charge is 1.94. The quantitative estimate of drug-likeness (QED) is 0.325. The zero-order valence-electron chi connectivity index (χ0n) is 10.3. The third kappa shape index (κ3) is 14.3. The lowest BCUT2D eigenvalue weighted by Gasteiger charge is -2.06. The Labute approximate surface area is 101 Å². The Morgan fingerprint density at radius 3 is 2.47 bits per heavy atom. The fourth-order valence-corrected chi connectivity index (χ4v) is 1.56. The number of rotatable bonds is 11.